The second kappa shape index (κ2) is 9.32. The maximum atomic E-state index is 13.1. The molecule has 1 aromatic heterocycles. The molecular formula is C24H23N3O4S. The Hall–Kier alpha value is -3.52. The van der Waals surface area contributed by atoms with E-state index in [9.17, 15) is 14.4 Å². The highest BCUT2D eigenvalue weighted by molar-refractivity contribution is 7.99. The molecule has 0 saturated heterocycles. The number of carbonyl (C=O) groups excluding carboxylic acids is 3. The molecule has 1 unspecified atom stereocenters. The molecule has 2 aromatic carbocycles. The van der Waals surface area contributed by atoms with E-state index in [0.717, 1.165) is 21.9 Å². The van der Waals surface area contributed by atoms with Crippen LogP contribution < -0.4 is 15.5 Å². The lowest BCUT2D eigenvalue weighted by atomic mass is 10.1. The monoisotopic (exact) mass is 449 g/mol. The van der Waals surface area contributed by atoms with Crippen LogP contribution in [0.25, 0.3) is 0 Å². The summed E-state index contributed by atoms with van der Waals surface area (Å²) in [6, 6.07) is 15.4. The lowest BCUT2D eigenvalue weighted by molar-refractivity contribution is -0.117. The van der Waals surface area contributed by atoms with Crippen molar-refractivity contribution in [2.75, 3.05) is 16.8 Å². The number of furan rings is 1. The predicted molar refractivity (Wildman–Crippen MR) is 123 cm³/mol. The average Bonchev–Trinajstić information content (AvgIpc) is 3.30. The van der Waals surface area contributed by atoms with Crippen LogP contribution in [0.2, 0.25) is 0 Å². The first-order valence-corrected chi connectivity index (χ1v) is 11.2. The summed E-state index contributed by atoms with van der Waals surface area (Å²) in [4.78, 5) is 41.4. The van der Waals surface area contributed by atoms with Gasteiger partial charge in [0.1, 0.15) is 6.04 Å². The van der Waals surface area contributed by atoms with Gasteiger partial charge in [-0.15, -0.1) is 0 Å². The molecule has 1 aliphatic rings. The normalized spacial score (nSPS) is 13.6. The molecule has 0 saturated carbocycles. The first kappa shape index (κ1) is 21.7. The van der Waals surface area contributed by atoms with Gasteiger partial charge in [0, 0.05) is 22.0 Å². The molecule has 1 atom stereocenters. The van der Waals surface area contributed by atoms with Crippen LogP contribution in [0, 0.1) is 0 Å². The molecule has 32 heavy (non-hydrogen) atoms. The number of hydrogen-bond donors (Lipinski definition) is 2. The van der Waals surface area contributed by atoms with Crippen molar-refractivity contribution in [3.63, 3.8) is 0 Å². The Bertz CT molecular complexity index is 1160. The number of rotatable bonds is 6. The fourth-order valence-electron chi connectivity index (χ4n) is 3.44. The number of anilines is 2. The third kappa shape index (κ3) is 4.40. The lowest BCUT2D eigenvalue weighted by Gasteiger charge is -2.23. The third-order valence-electron chi connectivity index (χ3n) is 5.03. The molecule has 0 fully saturated rings. The summed E-state index contributed by atoms with van der Waals surface area (Å²) in [6.07, 6.45) is 2.22. The van der Waals surface area contributed by atoms with Crippen molar-refractivity contribution in [3.8, 4) is 0 Å². The minimum absolute atomic E-state index is 0.0280. The molecule has 1 aliphatic heterocycles. The predicted octanol–water partition coefficient (Wildman–Crippen LogP) is 4.56. The second-order valence-corrected chi connectivity index (χ2v) is 8.48. The van der Waals surface area contributed by atoms with Crippen molar-refractivity contribution in [2.24, 2.45) is 0 Å². The van der Waals surface area contributed by atoms with Gasteiger partial charge in [-0.25, -0.2) is 0 Å². The Morgan fingerprint density at radius 3 is 2.66 bits per heavy atom. The molecule has 0 aliphatic carbocycles. The molecule has 8 heteroatoms. The van der Waals surface area contributed by atoms with Crippen molar-refractivity contribution in [1.82, 2.24) is 5.32 Å². The molecule has 0 radical (unpaired) electrons. The first-order chi connectivity index (χ1) is 15.5. The van der Waals surface area contributed by atoms with E-state index in [1.54, 1.807) is 24.0 Å². The van der Waals surface area contributed by atoms with E-state index in [0.29, 0.717) is 17.8 Å². The molecule has 3 aromatic rings. The molecule has 7 nitrogen and oxygen atoms in total. The van der Waals surface area contributed by atoms with E-state index in [1.807, 2.05) is 43.3 Å². The van der Waals surface area contributed by atoms with Gasteiger partial charge in [0.05, 0.1) is 17.5 Å². The largest absolute Gasteiger partial charge is 0.459 e. The van der Waals surface area contributed by atoms with Crippen LogP contribution >= 0.6 is 11.8 Å². The highest BCUT2D eigenvalue weighted by Crippen LogP contribution is 2.42. The SMILES string of the molecule is CCCN1C(=O)c2ccccc2Sc2cc(NC(=O)C(C)NC(=O)c3ccco3)ccc21. The van der Waals surface area contributed by atoms with Gasteiger partial charge in [-0.3, -0.25) is 14.4 Å². The number of hydrogen-bond acceptors (Lipinski definition) is 5. The van der Waals surface area contributed by atoms with Crippen LogP contribution in [-0.4, -0.2) is 30.3 Å². The van der Waals surface area contributed by atoms with Gasteiger partial charge in [0.25, 0.3) is 11.8 Å². The van der Waals surface area contributed by atoms with E-state index in [2.05, 4.69) is 10.6 Å². The zero-order valence-corrected chi connectivity index (χ0v) is 18.6. The minimum Gasteiger partial charge on any atom is -0.459 e. The van der Waals surface area contributed by atoms with E-state index in [4.69, 9.17) is 4.42 Å². The molecule has 2 heterocycles. The van der Waals surface area contributed by atoms with Crippen LogP contribution in [0.3, 0.4) is 0 Å². The smallest absolute Gasteiger partial charge is 0.287 e. The van der Waals surface area contributed by atoms with Crippen LogP contribution in [0.15, 0.2) is 75.1 Å². The zero-order valence-electron chi connectivity index (χ0n) is 17.8. The number of nitrogens with one attached hydrogen (secondary N) is 2. The van der Waals surface area contributed by atoms with Gasteiger partial charge < -0.3 is 20.0 Å². The summed E-state index contributed by atoms with van der Waals surface area (Å²) < 4.78 is 5.06. The number of amides is 3. The standard InChI is InChI=1S/C24H23N3O4S/c1-3-12-27-18-11-10-16(14-21(18)32-20-9-5-4-7-17(20)24(27)30)26-22(28)15(2)25-23(29)19-8-6-13-31-19/h4-11,13-15H,3,12H2,1-2H3,(H,25,29)(H,26,28). The molecule has 4 rings (SSSR count). The summed E-state index contributed by atoms with van der Waals surface area (Å²) in [5.41, 5.74) is 2.07. The molecule has 0 spiro atoms. The highest BCUT2D eigenvalue weighted by Gasteiger charge is 2.27. The summed E-state index contributed by atoms with van der Waals surface area (Å²) in [5.74, 6) is -0.698. The van der Waals surface area contributed by atoms with Gasteiger partial charge in [-0.2, -0.15) is 0 Å². The van der Waals surface area contributed by atoms with Crippen molar-refractivity contribution in [3.05, 3.63) is 72.2 Å². The maximum Gasteiger partial charge on any atom is 0.287 e. The van der Waals surface area contributed by atoms with Gasteiger partial charge in [0.15, 0.2) is 5.76 Å². The number of carbonyl (C=O) groups is 3. The summed E-state index contributed by atoms with van der Waals surface area (Å²) in [7, 11) is 0. The van der Waals surface area contributed by atoms with Crippen molar-refractivity contribution >= 4 is 40.9 Å². The Balaban J connectivity index is 1.55. The van der Waals surface area contributed by atoms with E-state index in [1.165, 1.54) is 24.1 Å². The Morgan fingerprint density at radius 2 is 1.91 bits per heavy atom. The summed E-state index contributed by atoms with van der Waals surface area (Å²) in [6.45, 7) is 4.23. The Labute approximate surface area is 190 Å². The number of nitrogens with zero attached hydrogens (tertiary/aromatic N) is 1. The van der Waals surface area contributed by atoms with Crippen molar-refractivity contribution in [1.29, 1.82) is 0 Å². The van der Waals surface area contributed by atoms with Crippen LogP contribution in [0.5, 0.6) is 0 Å². The Kier molecular flexibility index (Phi) is 6.32. The topological polar surface area (TPSA) is 91.7 Å². The number of fused-ring (bicyclic) bond motifs is 2. The third-order valence-corrected chi connectivity index (χ3v) is 6.16. The van der Waals surface area contributed by atoms with Crippen molar-refractivity contribution in [2.45, 2.75) is 36.1 Å². The quantitative estimate of drug-likeness (QED) is 0.576. The summed E-state index contributed by atoms with van der Waals surface area (Å²) in [5, 5.41) is 5.46. The van der Waals surface area contributed by atoms with Gasteiger partial charge in [-0.1, -0.05) is 30.8 Å². The number of benzene rings is 2. The second-order valence-electron chi connectivity index (χ2n) is 7.40. The van der Waals surface area contributed by atoms with Gasteiger partial charge in [0.2, 0.25) is 5.91 Å². The zero-order chi connectivity index (χ0) is 22.7. The van der Waals surface area contributed by atoms with Gasteiger partial charge in [-0.05, 0) is 55.8 Å². The van der Waals surface area contributed by atoms with E-state index in [-0.39, 0.29) is 17.6 Å². The van der Waals surface area contributed by atoms with E-state index >= 15 is 0 Å². The maximum absolute atomic E-state index is 13.1. The minimum atomic E-state index is -0.766. The molecule has 164 valence electrons. The first-order valence-electron chi connectivity index (χ1n) is 10.4. The van der Waals surface area contributed by atoms with E-state index < -0.39 is 11.9 Å². The molecule has 0 bridgehead atoms. The fourth-order valence-corrected chi connectivity index (χ4v) is 4.56. The van der Waals surface area contributed by atoms with Crippen LogP contribution in [0.1, 0.15) is 41.2 Å². The average molecular weight is 450 g/mol. The van der Waals surface area contributed by atoms with Crippen LogP contribution in [0.4, 0.5) is 11.4 Å². The highest BCUT2D eigenvalue weighted by atomic mass is 32.2. The molecular weight excluding hydrogens is 426 g/mol. The fraction of sp³-hybridized carbons (Fsp3) is 0.208. The molecule has 3 amide bonds. The molecule has 2 N–H and O–H groups in total. The lowest BCUT2D eigenvalue weighted by Crippen LogP contribution is -2.41. The van der Waals surface area contributed by atoms with Crippen LogP contribution in [-0.2, 0) is 4.79 Å². The van der Waals surface area contributed by atoms with Gasteiger partial charge >= 0.3 is 0 Å². The van der Waals surface area contributed by atoms with Crippen molar-refractivity contribution < 1.29 is 18.8 Å². The Morgan fingerprint density at radius 1 is 1.09 bits per heavy atom. The summed E-state index contributed by atoms with van der Waals surface area (Å²) >= 11 is 1.50.